The van der Waals surface area contributed by atoms with Crippen LogP contribution in [0.1, 0.15) is 71.6 Å². The van der Waals surface area contributed by atoms with E-state index in [1.165, 1.54) is 38.5 Å². The molecule has 4 saturated carbocycles. The summed E-state index contributed by atoms with van der Waals surface area (Å²) in [6.07, 6.45) is 9.77. The minimum absolute atomic E-state index is 0.210. The van der Waals surface area contributed by atoms with Crippen LogP contribution in [0.3, 0.4) is 0 Å². The Balaban J connectivity index is 1.36. The SMILES string of the molecule is C[C@]12CC[C@@H](OS(=O)(=O)O)C[C@H]1CC[C@@H]1[C@@H]2CC[C@@]2(C)[C@H]1CC[C@@]21CO1. The zero-order valence-corrected chi connectivity index (χ0v) is 16.8. The van der Waals surface area contributed by atoms with Gasteiger partial charge in [0.25, 0.3) is 0 Å². The van der Waals surface area contributed by atoms with Crippen LogP contribution in [-0.2, 0) is 19.3 Å². The topological polar surface area (TPSA) is 76.1 Å². The Bertz CT molecular complexity index is 701. The summed E-state index contributed by atoms with van der Waals surface area (Å²) >= 11 is 0. The van der Waals surface area contributed by atoms with Crippen LogP contribution in [0, 0.1) is 34.5 Å². The maximum absolute atomic E-state index is 11.1. The Morgan fingerprint density at radius 3 is 2.42 bits per heavy atom. The molecular formula is C20H32O5S. The number of fused-ring (bicyclic) bond motifs is 6. The van der Waals surface area contributed by atoms with Crippen LogP contribution in [0.2, 0.25) is 0 Å². The van der Waals surface area contributed by atoms with Crippen molar-refractivity contribution < 1.29 is 21.9 Å². The average molecular weight is 385 g/mol. The maximum Gasteiger partial charge on any atom is 0.397 e. The van der Waals surface area contributed by atoms with Gasteiger partial charge in [0.05, 0.1) is 18.3 Å². The van der Waals surface area contributed by atoms with Gasteiger partial charge in [0, 0.05) is 5.41 Å². The van der Waals surface area contributed by atoms with E-state index in [2.05, 4.69) is 13.8 Å². The lowest BCUT2D eigenvalue weighted by molar-refractivity contribution is -0.126. The average Bonchev–Trinajstić information content (AvgIpc) is 3.28. The second kappa shape index (κ2) is 5.46. The lowest BCUT2D eigenvalue weighted by atomic mass is 9.44. The first-order chi connectivity index (χ1) is 12.2. The van der Waals surface area contributed by atoms with Crippen LogP contribution in [-0.4, -0.2) is 31.3 Å². The standard InChI is InChI=1S/C20H32O5S/c1-18-8-5-14(25-26(21,22)23)11-13(18)3-4-15-16(18)6-9-19(2)17(15)7-10-20(19)12-24-20/h13-17H,3-12H2,1-2H3,(H,21,22,23)/t13-,14-,15-,16+,17+,18+,19+,20-/m1/s1. The molecule has 0 unspecified atom stereocenters. The predicted molar refractivity (Wildman–Crippen MR) is 96.8 cm³/mol. The van der Waals surface area contributed by atoms with Gasteiger partial charge < -0.3 is 4.74 Å². The van der Waals surface area contributed by atoms with Crippen molar-refractivity contribution >= 4 is 10.4 Å². The molecule has 1 N–H and O–H groups in total. The zero-order valence-electron chi connectivity index (χ0n) is 15.9. The largest absolute Gasteiger partial charge is 0.397 e. The maximum atomic E-state index is 11.1. The van der Waals surface area contributed by atoms with Crippen molar-refractivity contribution in [2.24, 2.45) is 34.5 Å². The van der Waals surface area contributed by atoms with Crippen molar-refractivity contribution in [3.05, 3.63) is 0 Å². The fourth-order valence-corrected chi connectivity index (χ4v) is 8.65. The molecule has 0 aromatic carbocycles. The minimum atomic E-state index is -4.34. The van der Waals surface area contributed by atoms with Gasteiger partial charge in [-0.05, 0) is 86.9 Å². The zero-order chi connectivity index (χ0) is 18.4. The monoisotopic (exact) mass is 384 g/mol. The number of epoxide rings is 1. The van der Waals surface area contributed by atoms with Crippen LogP contribution in [0.4, 0.5) is 0 Å². The van der Waals surface area contributed by atoms with Gasteiger partial charge in [0.2, 0.25) is 0 Å². The third-order valence-corrected chi connectivity index (χ3v) is 10.2. The summed E-state index contributed by atoms with van der Waals surface area (Å²) in [5.74, 6) is 2.87. The molecule has 5 rings (SSSR count). The highest BCUT2D eigenvalue weighted by atomic mass is 32.3. The molecule has 8 atom stereocenters. The molecule has 1 heterocycles. The highest BCUT2D eigenvalue weighted by molar-refractivity contribution is 7.80. The normalized spacial score (nSPS) is 55.9. The lowest BCUT2D eigenvalue weighted by Gasteiger charge is -2.60. The second-order valence-electron chi connectivity index (χ2n) is 10.4. The van der Waals surface area contributed by atoms with Crippen LogP contribution >= 0.6 is 0 Å². The number of rotatable bonds is 2. The van der Waals surface area contributed by atoms with Gasteiger partial charge in [-0.15, -0.1) is 0 Å². The molecule has 1 spiro atoms. The highest BCUT2D eigenvalue weighted by Crippen LogP contribution is 2.71. The van der Waals surface area contributed by atoms with Crippen molar-refractivity contribution in [1.82, 2.24) is 0 Å². The van der Waals surface area contributed by atoms with Crippen LogP contribution in [0.15, 0.2) is 0 Å². The van der Waals surface area contributed by atoms with E-state index in [-0.39, 0.29) is 11.7 Å². The van der Waals surface area contributed by atoms with E-state index in [0.29, 0.717) is 16.7 Å². The third kappa shape index (κ3) is 2.41. The quantitative estimate of drug-likeness (QED) is 0.575. The van der Waals surface area contributed by atoms with Crippen LogP contribution < -0.4 is 0 Å². The molecule has 5 aliphatic rings. The van der Waals surface area contributed by atoms with E-state index in [9.17, 15) is 8.42 Å². The summed E-state index contributed by atoms with van der Waals surface area (Å²) in [5, 5.41) is 0. The molecular weight excluding hydrogens is 352 g/mol. The van der Waals surface area contributed by atoms with Crippen LogP contribution in [0.25, 0.3) is 0 Å². The predicted octanol–water partition coefficient (Wildman–Crippen LogP) is 3.99. The summed E-state index contributed by atoms with van der Waals surface area (Å²) in [7, 11) is -4.34. The first-order valence-corrected chi connectivity index (χ1v) is 11.8. The van der Waals surface area contributed by atoms with Crippen molar-refractivity contribution in [1.29, 1.82) is 0 Å². The molecule has 0 radical (unpaired) electrons. The molecule has 0 bridgehead atoms. The van der Waals surface area contributed by atoms with E-state index < -0.39 is 10.4 Å². The number of ether oxygens (including phenoxy) is 1. The van der Waals surface area contributed by atoms with E-state index in [4.69, 9.17) is 13.5 Å². The Labute approximate surface area is 157 Å². The molecule has 148 valence electrons. The molecule has 26 heavy (non-hydrogen) atoms. The van der Waals surface area contributed by atoms with Crippen molar-refractivity contribution in [2.75, 3.05) is 6.61 Å². The first-order valence-electron chi connectivity index (χ1n) is 10.5. The van der Waals surface area contributed by atoms with Gasteiger partial charge in [-0.1, -0.05) is 13.8 Å². The van der Waals surface area contributed by atoms with Crippen molar-refractivity contribution in [2.45, 2.75) is 83.3 Å². The van der Waals surface area contributed by atoms with Gasteiger partial charge in [-0.2, -0.15) is 8.42 Å². The van der Waals surface area contributed by atoms with E-state index in [0.717, 1.165) is 43.6 Å². The minimum Gasteiger partial charge on any atom is -0.369 e. The van der Waals surface area contributed by atoms with E-state index in [1.807, 2.05) is 0 Å². The van der Waals surface area contributed by atoms with Crippen molar-refractivity contribution in [3.8, 4) is 0 Å². The van der Waals surface area contributed by atoms with Crippen LogP contribution in [0.5, 0.6) is 0 Å². The highest BCUT2D eigenvalue weighted by Gasteiger charge is 2.70. The Morgan fingerprint density at radius 2 is 1.73 bits per heavy atom. The molecule has 0 amide bonds. The molecule has 0 aromatic rings. The lowest BCUT2D eigenvalue weighted by Crippen LogP contribution is -2.55. The number of hydrogen-bond donors (Lipinski definition) is 1. The molecule has 0 aromatic heterocycles. The molecule has 5 fully saturated rings. The van der Waals surface area contributed by atoms with E-state index in [1.54, 1.807) is 0 Å². The Hall–Kier alpha value is -0.170. The Morgan fingerprint density at radius 1 is 1.00 bits per heavy atom. The summed E-state index contributed by atoms with van der Waals surface area (Å²) in [6.45, 7) is 5.93. The summed E-state index contributed by atoms with van der Waals surface area (Å²) in [4.78, 5) is 0. The van der Waals surface area contributed by atoms with Gasteiger partial charge >= 0.3 is 10.4 Å². The van der Waals surface area contributed by atoms with Gasteiger partial charge in [-0.3, -0.25) is 4.55 Å². The van der Waals surface area contributed by atoms with Gasteiger partial charge in [0.1, 0.15) is 0 Å². The Kier molecular flexibility index (Phi) is 3.76. The summed E-state index contributed by atoms with van der Waals surface area (Å²) in [5.41, 5.74) is 0.882. The molecule has 1 aliphatic heterocycles. The second-order valence-corrected chi connectivity index (χ2v) is 11.4. The molecule has 5 nitrogen and oxygen atoms in total. The van der Waals surface area contributed by atoms with E-state index >= 15 is 0 Å². The third-order valence-electron chi connectivity index (χ3n) is 9.66. The summed E-state index contributed by atoms with van der Waals surface area (Å²) < 4.78 is 42.2. The molecule has 6 heteroatoms. The molecule has 1 saturated heterocycles. The van der Waals surface area contributed by atoms with Gasteiger partial charge in [0.15, 0.2) is 0 Å². The number of hydrogen-bond acceptors (Lipinski definition) is 4. The first kappa shape index (κ1) is 17.9. The molecule has 4 aliphatic carbocycles. The van der Waals surface area contributed by atoms with Gasteiger partial charge in [-0.25, -0.2) is 4.18 Å². The fraction of sp³-hybridized carbons (Fsp3) is 1.00. The fourth-order valence-electron chi connectivity index (χ4n) is 8.13. The van der Waals surface area contributed by atoms with Crippen molar-refractivity contribution in [3.63, 3.8) is 0 Å². The summed E-state index contributed by atoms with van der Waals surface area (Å²) in [6, 6.07) is 0. The smallest absolute Gasteiger partial charge is 0.369 e.